The second kappa shape index (κ2) is 12.6. The van der Waals surface area contributed by atoms with Crippen molar-refractivity contribution in [1.82, 2.24) is 14.9 Å². The zero-order valence-electron chi connectivity index (χ0n) is 22.6. The van der Waals surface area contributed by atoms with Gasteiger partial charge in [0.2, 0.25) is 5.43 Å². The van der Waals surface area contributed by atoms with Crippen LogP contribution in [0.5, 0.6) is 5.75 Å². The van der Waals surface area contributed by atoms with Crippen LogP contribution in [0.3, 0.4) is 0 Å². The highest BCUT2D eigenvalue weighted by molar-refractivity contribution is 7.47. The van der Waals surface area contributed by atoms with E-state index in [2.05, 4.69) is 5.32 Å². The summed E-state index contributed by atoms with van der Waals surface area (Å²) >= 11 is 0. The Morgan fingerprint density at radius 2 is 1.95 bits per heavy atom. The van der Waals surface area contributed by atoms with Gasteiger partial charge in [0.15, 0.2) is 25.5 Å². The Kier molecular flexibility index (Phi) is 9.40. The fourth-order valence-corrected chi connectivity index (χ4v) is 6.26. The molecule has 2 aliphatic heterocycles. The van der Waals surface area contributed by atoms with E-state index in [1.54, 1.807) is 17.0 Å². The molecule has 0 aliphatic carbocycles. The van der Waals surface area contributed by atoms with Crippen LogP contribution >= 0.6 is 8.38 Å². The van der Waals surface area contributed by atoms with Gasteiger partial charge in [-0.15, -0.1) is 0 Å². The number of likely N-dealkylation sites (N-methyl/N-ethyl adjacent to an activating group) is 1. The number of amides is 2. The molecule has 0 saturated carbocycles. The van der Waals surface area contributed by atoms with E-state index in [0.717, 1.165) is 6.07 Å². The predicted octanol–water partition coefficient (Wildman–Crippen LogP) is 2.68. The van der Waals surface area contributed by atoms with Crippen LogP contribution < -0.4 is 15.8 Å². The normalized spacial score (nSPS) is 18.6. The number of hydrogen-bond acceptors (Lipinski definition) is 8. The van der Waals surface area contributed by atoms with Gasteiger partial charge >= 0.3 is 0 Å². The largest absolute Gasteiger partial charge is 0.502 e. The molecule has 1 spiro atoms. The summed E-state index contributed by atoms with van der Waals surface area (Å²) in [6.07, 6.45) is 2.79. The van der Waals surface area contributed by atoms with Crippen molar-refractivity contribution in [1.29, 1.82) is 0 Å². The van der Waals surface area contributed by atoms with Gasteiger partial charge in [0, 0.05) is 50.5 Å². The van der Waals surface area contributed by atoms with Gasteiger partial charge in [-0.1, -0.05) is 6.07 Å². The van der Waals surface area contributed by atoms with Gasteiger partial charge in [0.05, 0.1) is 26.4 Å². The first-order valence-electron chi connectivity index (χ1n) is 13.0. The molecular weight excluding hydrogens is 549 g/mol. The molecule has 218 valence electrons. The van der Waals surface area contributed by atoms with E-state index in [1.165, 1.54) is 16.9 Å². The molecule has 1 aromatic carbocycles. The Labute approximate surface area is 231 Å². The summed E-state index contributed by atoms with van der Waals surface area (Å²) in [7, 11) is 0.574. The lowest BCUT2D eigenvalue weighted by Crippen LogP contribution is -2.70. The monoisotopic (exact) mass is 582 g/mol. The summed E-state index contributed by atoms with van der Waals surface area (Å²) in [6.45, 7) is 5.33. The van der Waals surface area contributed by atoms with Crippen molar-refractivity contribution in [2.75, 3.05) is 51.2 Å². The number of aromatic hydroxyl groups is 1. The van der Waals surface area contributed by atoms with Crippen LogP contribution in [-0.2, 0) is 20.3 Å². The van der Waals surface area contributed by atoms with Crippen molar-refractivity contribution >= 4 is 20.2 Å². The highest BCUT2D eigenvalue weighted by atomic mass is 31.2. The minimum absolute atomic E-state index is 0.0133. The van der Waals surface area contributed by atoms with E-state index in [9.17, 15) is 28.3 Å². The van der Waals surface area contributed by atoms with E-state index in [0.29, 0.717) is 51.4 Å². The molecule has 11 nitrogen and oxygen atoms in total. The van der Waals surface area contributed by atoms with Crippen LogP contribution in [0.2, 0.25) is 0 Å². The van der Waals surface area contributed by atoms with Gasteiger partial charge in [-0.05, 0) is 26.3 Å². The lowest BCUT2D eigenvalue weighted by molar-refractivity contribution is 0.0223. The SMILES string of the molecule is CCOP(CCCN1C(=O)c2c(O)c(=O)c(C(=O)NCc3ccc(F)cc3F)cn2N(C)C12CCOC2)OCC. The standard InChI is InChI=1S/C26H33F2N4O7P/c1-4-38-40(39-5-2)12-6-10-31-25(36)21-23(34)22(33)19(15-32(21)30(3)26(31)9-11-37-16-26)24(35)29-14-17-7-8-18(27)13-20(17)28/h7-8,13,15,34H,4-6,9-12,14,16H2,1-3H3,(H,29,35). The maximum Gasteiger partial charge on any atom is 0.278 e. The lowest BCUT2D eigenvalue weighted by Gasteiger charge is -2.52. The number of halogens is 2. The van der Waals surface area contributed by atoms with E-state index < -0.39 is 54.2 Å². The average Bonchev–Trinajstić information content (AvgIpc) is 3.41. The topological polar surface area (TPSA) is 123 Å². The molecule has 1 fully saturated rings. The van der Waals surface area contributed by atoms with Crippen molar-refractivity contribution in [2.24, 2.45) is 0 Å². The molecule has 14 heteroatoms. The van der Waals surface area contributed by atoms with Crippen molar-refractivity contribution in [3.8, 4) is 5.75 Å². The van der Waals surface area contributed by atoms with Crippen molar-refractivity contribution in [2.45, 2.75) is 38.9 Å². The number of benzene rings is 1. The molecule has 1 unspecified atom stereocenters. The van der Waals surface area contributed by atoms with E-state index in [-0.39, 0.29) is 24.4 Å². The minimum atomic E-state index is -1.11. The third-order valence-corrected chi connectivity index (χ3v) is 8.76. The molecule has 0 bridgehead atoms. The maximum absolute atomic E-state index is 14.0. The second-order valence-electron chi connectivity index (χ2n) is 9.34. The molecule has 2 N–H and O–H groups in total. The first kappa shape index (κ1) is 29.9. The quantitative estimate of drug-likeness (QED) is 0.388. The molecule has 2 amide bonds. The second-order valence-corrected chi connectivity index (χ2v) is 11.0. The molecule has 0 radical (unpaired) electrons. The van der Waals surface area contributed by atoms with E-state index in [4.69, 9.17) is 13.8 Å². The van der Waals surface area contributed by atoms with Crippen LogP contribution in [0.4, 0.5) is 8.78 Å². The molecule has 3 heterocycles. The molecule has 2 aromatic rings. The number of carbonyl (C=O) groups is 2. The number of nitrogens with zero attached hydrogens (tertiary/aromatic N) is 3. The number of pyridine rings is 1. The Morgan fingerprint density at radius 3 is 2.58 bits per heavy atom. The predicted molar refractivity (Wildman–Crippen MR) is 143 cm³/mol. The zero-order chi connectivity index (χ0) is 29.0. The smallest absolute Gasteiger partial charge is 0.278 e. The van der Waals surface area contributed by atoms with Crippen LogP contribution in [0.1, 0.15) is 53.1 Å². The number of carbonyl (C=O) groups excluding carboxylic acids is 2. The molecule has 1 saturated heterocycles. The molecule has 4 rings (SSSR count). The summed E-state index contributed by atoms with van der Waals surface area (Å²) < 4.78 is 45.5. The summed E-state index contributed by atoms with van der Waals surface area (Å²) in [6, 6.07) is 2.92. The van der Waals surface area contributed by atoms with Crippen molar-refractivity contribution < 1.29 is 37.3 Å². The molecular formula is C26H33F2N4O7P. The Bertz CT molecular complexity index is 1310. The minimum Gasteiger partial charge on any atom is -0.502 e. The summed E-state index contributed by atoms with van der Waals surface area (Å²) in [5.74, 6) is -3.95. The van der Waals surface area contributed by atoms with Crippen molar-refractivity contribution in [3.05, 3.63) is 63.1 Å². The van der Waals surface area contributed by atoms with Crippen LogP contribution in [0.15, 0.2) is 29.2 Å². The molecule has 2 aliphatic rings. The maximum atomic E-state index is 14.0. The van der Waals surface area contributed by atoms with Crippen molar-refractivity contribution in [3.63, 3.8) is 0 Å². The number of aromatic nitrogens is 1. The van der Waals surface area contributed by atoms with Gasteiger partial charge in [0.1, 0.15) is 17.2 Å². The number of fused-ring (bicyclic) bond motifs is 1. The average molecular weight is 583 g/mol. The highest BCUT2D eigenvalue weighted by Gasteiger charge is 2.52. The van der Waals surface area contributed by atoms with Gasteiger partial charge in [-0.25, -0.2) is 8.78 Å². The number of rotatable bonds is 11. The number of nitrogens with one attached hydrogen (secondary N) is 1. The first-order chi connectivity index (χ1) is 19.1. The van der Waals surface area contributed by atoms with Crippen LogP contribution in [-0.4, -0.2) is 78.3 Å². The van der Waals surface area contributed by atoms with Gasteiger partial charge in [-0.2, -0.15) is 0 Å². The number of ether oxygens (including phenoxy) is 1. The highest BCUT2D eigenvalue weighted by Crippen LogP contribution is 2.40. The van der Waals surface area contributed by atoms with Gasteiger partial charge < -0.3 is 29.1 Å². The third kappa shape index (κ3) is 5.69. The van der Waals surface area contributed by atoms with E-state index in [1.807, 2.05) is 13.8 Å². The van der Waals surface area contributed by atoms with Crippen LogP contribution in [0, 0.1) is 11.6 Å². The summed E-state index contributed by atoms with van der Waals surface area (Å²) in [5, 5.41) is 15.0. The lowest BCUT2D eigenvalue weighted by atomic mass is 10.0. The van der Waals surface area contributed by atoms with Gasteiger partial charge in [-0.3, -0.25) is 24.1 Å². The third-order valence-electron chi connectivity index (χ3n) is 6.99. The van der Waals surface area contributed by atoms with Gasteiger partial charge in [0.25, 0.3) is 11.8 Å². The van der Waals surface area contributed by atoms with E-state index >= 15 is 0 Å². The first-order valence-corrected chi connectivity index (χ1v) is 14.4. The summed E-state index contributed by atoms with van der Waals surface area (Å²) in [5.41, 5.74) is -2.66. The zero-order valence-corrected chi connectivity index (χ0v) is 23.5. The molecule has 40 heavy (non-hydrogen) atoms. The molecule has 1 aromatic heterocycles. The van der Waals surface area contributed by atoms with Crippen LogP contribution in [0.25, 0.3) is 0 Å². The fourth-order valence-electron chi connectivity index (χ4n) is 4.95. The Morgan fingerprint density at radius 1 is 1.23 bits per heavy atom. The Balaban J connectivity index is 1.61. The fraction of sp³-hybridized carbons (Fsp3) is 0.500. The number of hydrogen-bond donors (Lipinski definition) is 2. The molecule has 1 atom stereocenters. The summed E-state index contributed by atoms with van der Waals surface area (Å²) in [4.78, 5) is 41.3. The Hall–Kier alpha value is -3.12.